The number of halogens is 5. The van der Waals surface area contributed by atoms with Gasteiger partial charge in [0.2, 0.25) is 6.33 Å². The molecule has 1 unspecified atom stereocenters. The summed E-state index contributed by atoms with van der Waals surface area (Å²) in [7, 11) is 1.99. The number of fused-ring (bicyclic) bond motifs is 3. The number of anilines is 1. The Labute approximate surface area is 216 Å². The number of benzene rings is 1. The van der Waals surface area contributed by atoms with Crippen molar-refractivity contribution in [3.05, 3.63) is 76.0 Å². The molecule has 6 nitrogen and oxygen atoms in total. The van der Waals surface area contributed by atoms with Crippen molar-refractivity contribution in [3.8, 4) is 0 Å². The molecule has 0 amide bonds. The smallest absolute Gasteiger partial charge is 0.369 e. The second kappa shape index (κ2) is 9.95. The van der Waals surface area contributed by atoms with E-state index in [4.69, 9.17) is 23.2 Å². The van der Waals surface area contributed by atoms with E-state index in [1.165, 1.54) is 23.4 Å². The van der Waals surface area contributed by atoms with Crippen LogP contribution in [0.15, 0.2) is 49.1 Å². The molecule has 11 heteroatoms. The van der Waals surface area contributed by atoms with Gasteiger partial charge in [0.25, 0.3) is 0 Å². The van der Waals surface area contributed by atoms with Gasteiger partial charge in [0.15, 0.2) is 5.69 Å². The lowest BCUT2D eigenvalue weighted by molar-refractivity contribution is -0.697. The van der Waals surface area contributed by atoms with Crippen LogP contribution in [0, 0.1) is 0 Å². The number of pyridine rings is 1. The number of hydrogen-bond donors (Lipinski definition) is 2. The van der Waals surface area contributed by atoms with Gasteiger partial charge >= 0.3 is 6.18 Å². The van der Waals surface area contributed by atoms with Crippen LogP contribution in [-0.4, -0.2) is 39.1 Å². The summed E-state index contributed by atoms with van der Waals surface area (Å²) in [5, 5.41) is 4.49. The number of nitrogens with one attached hydrogen (secondary N) is 2. The molecule has 36 heavy (non-hydrogen) atoms. The van der Waals surface area contributed by atoms with Gasteiger partial charge in [0, 0.05) is 47.7 Å². The number of alkyl halides is 3. The van der Waals surface area contributed by atoms with Crippen LogP contribution in [-0.2, 0) is 26.2 Å². The van der Waals surface area contributed by atoms with E-state index in [0.29, 0.717) is 18.1 Å². The molecule has 1 atom stereocenters. The van der Waals surface area contributed by atoms with Gasteiger partial charge < -0.3 is 10.3 Å². The highest BCUT2D eigenvalue weighted by Crippen LogP contribution is 2.37. The number of aromatic amines is 1. The molecule has 4 aromatic rings. The summed E-state index contributed by atoms with van der Waals surface area (Å²) in [6, 6.07) is 8.72. The van der Waals surface area contributed by atoms with E-state index in [0.717, 1.165) is 36.8 Å². The first-order valence-corrected chi connectivity index (χ1v) is 12.5. The minimum Gasteiger partial charge on any atom is -0.369 e. The van der Waals surface area contributed by atoms with Crippen LogP contribution in [0.25, 0.3) is 10.9 Å². The predicted molar refractivity (Wildman–Crippen MR) is 134 cm³/mol. The van der Waals surface area contributed by atoms with Crippen molar-refractivity contribution in [2.75, 3.05) is 25.0 Å². The topological polar surface area (TPSA) is 52.8 Å². The van der Waals surface area contributed by atoms with E-state index in [-0.39, 0.29) is 11.9 Å². The van der Waals surface area contributed by atoms with Crippen LogP contribution < -0.4 is 9.88 Å². The van der Waals surface area contributed by atoms with Gasteiger partial charge in [-0.2, -0.15) is 13.2 Å². The Kier molecular flexibility index (Phi) is 6.89. The molecule has 5 rings (SSSR count). The summed E-state index contributed by atoms with van der Waals surface area (Å²) in [4.78, 5) is 9.67. The van der Waals surface area contributed by atoms with E-state index >= 15 is 0 Å². The molecule has 1 aromatic carbocycles. The molecular weight excluding hydrogens is 512 g/mol. The number of H-pyrrole nitrogens is 1. The molecule has 1 aliphatic rings. The Morgan fingerprint density at radius 3 is 2.81 bits per heavy atom. The van der Waals surface area contributed by atoms with Crippen LogP contribution in [0.1, 0.15) is 29.4 Å². The molecule has 0 aliphatic carbocycles. The van der Waals surface area contributed by atoms with Crippen molar-refractivity contribution < 1.29 is 17.7 Å². The summed E-state index contributed by atoms with van der Waals surface area (Å²) in [5.74, 6) is 0.154. The van der Waals surface area contributed by atoms with Crippen molar-refractivity contribution >= 4 is 39.9 Å². The molecule has 0 saturated carbocycles. The second-order valence-corrected chi connectivity index (χ2v) is 9.91. The fourth-order valence-corrected chi connectivity index (χ4v) is 5.34. The molecule has 0 saturated heterocycles. The first-order chi connectivity index (χ1) is 17.2. The van der Waals surface area contributed by atoms with Gasteiger partial charge in [-0.25, -0.2) is 14.1 Å². The number of nitrogens with zero attached hydrogens (tertiary/aromatic N) is 4. The quantitative estimate of drug-likeness (QED) is 0.301. The zero-order valence-electron chi connectivity index (χ0n) is 19.6. The molecule has 0 spiro atoms. The van der Waals surface area contributed by atoms with E-state index in [1.807, 2.05) is 48.5 Å². The molecule has 4 heterocycles. The molecule has 3 aromatic heterocycles. The summed E-state index contributed by atoms with van der Waals surface area (Å²) < 4.78 is 43.7. The van der Waals surface area contributed by atoms with Crippen LogP contribution in [0.3, 0.4) is 0 Å². The Balaban J connectivity index is 1.35. The lowest BCUT2D eigenvalue weighted by Gasteiger charge is -2.35. The lowest BCUT2D eigenvalue weighted by atomic mass is 9.95. The van der Waals surface area contributed by atoms with E-state index in [9.17, 15) is 13.2 Å². The fourth-order valence-electron chi connectivity index (χ4n) is 4.96. The normalized spacial score (nSPS) is 16.4. The highest BCUT2D eigenvalue weighted by Gasteiger charge is 2.35. The summed E-state index contributed by atoms with van der Waals surface area (Å²) in [6.07, 6.45) is 3.24. The number of imidazole rings is 1. The SMILES string of the molecule is Cn1cc[n+](CCC2c3[nH]c4ccc(Cl)cc4c3CCN2CCNc2ccc(Cl)c(C(F)(F)F)n2)c1. The Bertz CT molecular complexity index is 1380. The Hall–Kier alpha value is -2.75. The molecule has 0 bridgehead atoms. The predicted octanol–water partition coefficient (Wildman–Crippen LogP) is 5.62. The third-order valence-electron chi connectivity index (χ3n) is 6.63. The fraction of sp³-hybridized carbons (Fsp3) is 0.360. The van der Waals surface area contributed by atoms with E-state index in [2.05, 4.69) is 24.8 Å². The number of rotatable bonds is 7. The van der Waals surface area contributed by atoms with Crippen LogP contribution in [0.5, 0.6) is 0 Å². The minimum atomic E-state index is -4.60. The van der Waals surface area contributed by atoms with Crippen molar-refractivity contribution in [1.29, 1.82) is 0 Å². The van der Waals surface area contributed by atoms with E-state index in [1.54, 1.807) is 0 Å². The molecule has 2 N–H and O–H groups in total. The molecule has 0 radical (unpaired) electrons. The second-order valence-electron chi connectivity index (χ2n) is 9.07. The van der Waals surface area contributed by atoms with Crippen molar-refractivity contribution in [3.63, 3.8) is 0 Å². The standard InChI is InChI=1S/C25H26Cl2F3N6/c1-34-12-13-35(15-34)9-7-21-23-17(18-14-16(26)2-4-20(18)32-23)6-10-36(21)11-8-31-22-5-3-19(27)24(33-22)25(28,29)30/h2-5,12-15,21,32H,6-11H2,1H3,(H,31,33)/q+1. The molecular formula is C25H26Cl2F3N6+. The maximum Gasteiger partial charge on any atom is 0.434 e. The highest BCUT2D eigenvalue weighted by atomic mass is 35.5. The lowest BCUT2D eigenvalue weighted by Crippen LogP contribution is -2.41. The number of hydrogen-bond acceptors (Lipinski definition) is 3. The molecule has 0 fully saturated rings. The molecule has 1 aliphatic heterocycles. The third-order valence-corrected chi connectivity index (χ3v) is 7.17. The minimum absolute atomic E-state index is 0.123. The zero-order valence-corrected chi connectivity index (χ0v) is 21.1. The summed E-state index contributed by atoms with van der Waals surface area (Å²) in [5.41, 5.74) is 2.45. The monoisotopic (exact) mass is 537 g/mol. The zero-order chi connectivity index (χ0) is 25.4. The average Bonchev–Trinajstić information content (AvgIpc) is 3.41. The molecule has 190 valence electrons. The van der Waals surface area contributed by atoms with Gasteiger partial charge in [-0.15, -0.1) is 0 Å². The van der Waals surface area contributed by atoms with Gasteiger partial charge in [0.1, 0.15) is 18.2 Å². The number of aromatic nitrogens is 4. The van der Waals surface area contributed by atoms with Crippen molar-refractivity contribution in [2.45, 2.75) is 31.6 Å². The van der Waals surface area contributed by atoms with Crippen LogP contribution in [0.4, 0.5) is 19.0 Å². The highest BCUT2D eigenvalue weighted by molar-refractivity contribution is 6.31. The Morgan fingerprint density at radius 2 is 2.06 bits per heavy atom. The van der Waals surface area contributed by atoms with Gasteiger partial charge in [0.05, 0.1) is 24.7 Å². The van der Waals surface area contributed by atoms with Crippen molar-refractivity contribution in [2.24, 2.45) is 7.05 Å². The van der Waals surface area contributed by atoms with Gasteiger partial charge in [-0.05, 0) is 42.3 Å². The van der Waals surface area contributed by atoms with Gasteiger partial charge in [-0.3, -0.25) is 4.90 Å². The Morgan fingerprint density at radius 1 is 1.22 bits per heavy atom. The first-order valence-electron chi connectivity index (χ1n) is 11.7. The third kappa shape index (κ3) is 5.19. The summed E-state index contributed by atoms with van der Waals surface area (Å²) >= 11 is 12.0. The maximum atomic E-state index is 13.2. The summed E-state index contributed by atoms with van der Waals surface area (Å²) in [6.45, 7) is 2.76. The maximum absolute atomic E-state index is 13.2. The van der Waals surface area contributed by atoms with Crippen LogP contribution >= 0.6 is 23.2 Å². The largest absolute Gasteiger partial charge is 0.434 e. The average molecular weight is 538 g/mol. The van der Waals surface area contributed by atoms with Crippen molar-refractivity contribution in [1.82, 2.24) is 19.4 Å². The van der Waals surface area contributed by atoms with E-state index < -0.39 is 16.9 Å². The van der Waals surface area contributed by atoms with Gasteiger partial charge in [-0.1, -0.05) is 23.2 Å². The first kappa shape index (κ1) is 24.9. The van der Waals surface area contributed by atoms with Crippen LogP contribution in [0.2, 0.25) is 10.0 Å². The number of aryl methyl sites for hydroxylation is 2.